The maximum Gasteiger partial charge on any atom is 0.326 e. The second-order valence-corrected chi connectivity index (χ2v) is 4.28. The number of hydrogen-bond donors (Lipinski definition) is 2. The summed E-state index contributed by atoms with van der Waals surface area (Å²) in [4.78, 5) is 26.6. The summed E-state index contributed by atoms with van der Waals surface area (Å²) in [6.45, 7) is 0. The molecule has 1 heterocycles. The molecule has 1 atom stereocenters. The van der Waals surface area contributed by atoms with Crippen LogP contribution in [0.25, 0.3) is 0 Å². The molecule has 90 valence electrons. The molecule has 0 saturated heterocycles. The van der Waals surface area contributed by atoms with Crippen LogP contribution in [0.1, 0.15) is 29.6 Å². The van der Waals surface area contributed by atoms with E-state index in [9.17, 15) is 9.59 Å². The summed E-state index contributed by atoms with van der Waals surface area (Å²) in [5.74, 6) is -0.881. The fourth-order valence-electron chi connectivity index (χ4n) is 1.65. The lowest BCUT2D eigenvalue weighted by Crippen LogP contribution is -2.41. The first kappa shape index (κ1) is 11.6. The van der Waals surface area contributed by atoms with Crippen molar-refractivity contribution in [2.45, 2.75) is 25.3 Å². The first-order chi connectivity index (χ1) is 8.16. The number of rotatable bonds is 5. The maximum atomic E-state index is 11.8. The Labute approximate surface area is 98.9 Å². The molecule has 1 saturated carbocycles. The summed E-state index contributed by atoms with van der Waals surface area (Å²) < 4.78 is 0. The predicted molar refractivity (Wildman–Crippen MR) is 60.5 cm³/mol. The SMILES string of the molecule is O=C(NC(CC1CC1)C(=O)O)c1ccncc1. The highest BCUT2D eigenvalue weighted by Gasteiger charge is 2.30. The van der Waals surface area contributed by atoms with Crippen LogP contribution < -0.4 is 5.32 Å². The summed E-state index contributed by atoms with van der Waals surface area (Å²) in [7, 11) is 0. The number of amides is 1. The maximum absolute atomic E-state index is 11.8. The Kier molecular flexibility index (Phi) is 3.37. The minimum Gasteiger partial charge on any atom is -0.480 e. The normalized spacial score (nSPS) is 16.2. The van der Waals surface area contributed by atoms with Crippen molar-refractivity contribution < 1.29 is 14.7 Å². The molecular weight excluding hydrogens is 220 g/mol. The number of nitrogens with one attached hydrogen (secondary N) is 1. The molecule has 17 heavy (non-hydrogen) atoms. The minimum absolute atomic E-state index is 0.361. The number of nitrogens with zero attached hydrogens (tertiary/aromatic N) is 1. The first-order valence-corrected chi connectivity index (χ1v) is 5.60. The van der Waals surface area contributed by atoms with Crippen molar-refractivity contribution in [2.75, 3.05) is 0 Å². The van der Waals surface area contributed by atoms with E-state index < -0.39 is 12.0 Å². The Morgan fingerprint density at radius 3 is 2.59 bits per heavy atom. The molecule has 1 aliphatic rings. The third-order valence-electron chi connectivity index (χ3n) is 2.81. The highest BCUT2D eigenvalue weighted by atomic mass is 16.4. The molecule has 0 bridgehead atoms. The lowest BCUT2D eigenvalue weighted by Gasteiger charge is -2.13. The zero-order valence-electron chi connectivity index (χ0n) is 9.30. The van der Waals surface area contributed by atoms with Crippen LogP contribution in [-0.2, 0) is 4.79 Å². The third-order valence-corrected chi connectivity index (χ3v) is 2.81. The van der Waals surface area contributed by atoms with Gasteiger partial charge in [0.25, 0.3) is 5.91 Å². The molecule has 0 radical (unpaired) electrons. The van der Waals surface area contributed by atoms with Crippen LogP contribution in [0.3, 0.4) is 0 Å². The average Bonchev–Trinajstić information content (AvgIpc) is 3.13. The molecular formula is C12H14N2O3. The monoisotopic (exact) mass is 234 g/mol. The molecule has 1 amide bonds. The Balaban J connectivity index is 1.97. The van der Waals surface area contributed by atoms with Crippen molar-refractivity contribution in [1.82, 2.24) is 10.3 Å². The number of carbonyl (C=O) groups is 2. The summed E-state index contributed by atoms with van der Waals surface area (Å²) in [6, 6.07) is 2.33. The molecule has 1 aromatic heterocycles. The summed E-state index contributed by atoms with van der Waals surface area (Å²) in [5.41, 5.74) is 0.432. The smallest absolute Gasteiger partial charge is 0.326 e. The van der Waals surface area contributed by atoms with Gasteiger partial charge in [-0.15, -0.1) is 0 Å². The zero-order chi connectivity index (χ0) is 12.3. The lowest BCUT2D eigenvalue weighted by atomic mass is 10.1. The van der Waals surface area contributed by atoms with Gasteiger partial charge in [0.2, 0.25) is 0 Å². The molecule has 5 nitrogen and oxygen atoms in total. The van der Waals surface area contributed by atoms with Crippen LogP contribution in [0.2, 0.25) is 0 Å². The largest absolute Gasteiger partial charge is 0.480 e. The van der Waals surface area contributed by atoms with E-state index in [1.807, 2.05) is 0 Å². The van der Waals surface area contributed by atoms with Gasteiger partial charge in [-0.1, -0.05) is 12.8 Å². The van der Waals surface area contributed by atoms with Crippen molar-refractivity contribution in [3.05, 3.63) is 30.1 Å². The number of carbonyl (C=O) groups excluding carboxylic acids is 1. The molecule has 5 heteroatoms. The highest BCUT2D eigenvalue weighted by Crippen LogP contribution is 2.33. The van der Waals surface area contributed by atoms with E-state index in [0.29, 0.717) is 17.9 Å². The Bertz CT molecular complexity index is 415. The van der Waals surface area contributed by atoms with E-state index in [1.165, 1.54) is 12.4 Å². The molecule has 2 N–H and O–H groups in total. The van der Waals surface area contributed by atoms with E-state index in [-0.39, 0.29) is 5.91 Å². The average molecular weight is 234 g/mol. The number of aromatic nitrogens is 1. The van der Waals surface area contributed by atoms with Crippen molar-refractivity contribution in [3.63, 3.8) is 0 Å². The van der Waals surface area contributed by atoms with E-state index in [1.54, 1.807) is 12.1 Å². The number of carboxylic acid groups (broad SMARTS) is 1. The van der Waals surface area contributed by atoms with Crippen molar-refractivity contribution in [1.29, 1.82) is 0 Å². The second kappa shape index (κ2) is 4.95. The standard InChI is InChI=1S/C12H14N2O3/c15-11(9-3-5-13-6-4-9)14-10(12(16)17)7-8-1-2-8/h3-6,8,10H,1-2,7H2,(H,14,15)(H,16,17). The van der Waals surface area contributed by atoms with Crippen LogP contribution in [-0.4, -0.2) is 28.0 Å². The Hall–Kier alpha value is -1.91. The van der Waals surface area contributed by atoms with Gasteiger partial charge in [-0.2, -0.15) is 0 Å². The topological polar surface area (TPSA) is 79.3 Å². The molecule has 1 aromatic rings. The summed E-state index contributed by atoms with van der Waals surface area (Å²) in [5, 5.41) is 11.6. The highest BCUT2D eigenvalue weighted by molar-refractivity contribution is 5.96. The second-order valence-electron chi connectivity index (χ2n) is 4.28. The predicted octanol–water partition coefficient (Wildman–Crippen LogP) is 1.06. The Morgan fingerprint density at radius 2 is 2.06 bits per heavy atom. The fraction of sp³-hybridized carbons (Fsp3) is 0.417. The van der Waals surface area contributed by atoms with Crippen molar-refractivity contribution in [3.8, 4) is 0 Å². The number of aliphatic carboxylic acids is 1. The van der Waals surface area contributed by atoms with Gasteiger partial charge in [-0.05, 0) is 24.5 Å². The van der Waals surface area contributed by atoms with Crippen LogP contribution in [0.5, 0.6) is 0 Å². The van der Waals surface area contributed by atoms with Gasteiger partial charge in [0, 0.05) is 18.0 Å². The van der Waals surface area contributed by atoms with Crippen molar-refractivity contribution >= 4 is 11.9 Å². The molecule has 2 rings (SSSR count). The molecule has 1 unspecified atom stereocenters. The van der Waals surface area contributed by atoms with Gasteiger partial charge in [0.15, 0.2) is 0 Å². The third kappa shape index (κ3) is 3.27. The molecule has 0 aromatic carbocycles. The number of pyridine rings is 1. The zero-order valence-corrected chi connectivity index (χ0v) is 9.30. The van der Waals surface area contributed by atoms with Crippen LogP contribution >= 0.6 is 0 Å². The number of hydrogen-bond acceptors (Lipinski definition) is 3. The van der Waals surface area contributed by atoms with Crippen molar-refractivity contribution in [2.24, 2.45) is 5.92 Å². The minimum atomic E-state index is -0.973. The molecule has 1 fully saturated rings. The fourth-order valence-corrected chi connectivity index (χ4v) is 1.65. The van der Waals surface area contributed by atoms with Crippen LogP contribution in [0, 0.1) is 5.92 Å². The quantitative estimate of drug-likeness (QED) is 0.798. The molecule has 1 aliphatic carbocycles. The van der Waals surface area contributed by atoms with E-state index in [4.69, 9.17) is 5.11 Å². The number of carboxylic acids is 1. The van der Waals surface area contributed by atoms with Crippen LogP contribution in [0.15, 0.2) is 24.5 Å². The van der Waals surface area contributed by atoms with Gasteiger partial charge >= 0.3 is 5.97 Å². The van der Waals surface area contributed by atoms with Crippen LogP contribution in [0.4, 0.5) is 0 Å². The first-order valence-electron chi connectivity index (χ1n) is 5.60. The van der Waals surface area contributed by atoms with Gasteiger partial charge in [0.1, 0.15) is 6.04 Å². The van der Waals surface area contributed by atoms with Gasteiger partial charge in [0.05, 0.1) is 0 Å². The lowest BCUT2D eigenvalue weighted by molar-refractivity contribution is -0.139. The van der Waals surface area contributed by atoms with Gasteiger partial charge in [-0.3, -0.25) is 9.78 Å². The van der Waals surface area contributed by atoms with E-state index >= 15 is 0 Å². The van der Waals surface area contributed by atoms with E-state index in [2.05, 4.69) is 10.3 Å². The molecule has 0 aliphatic heterocycles. The van der Waals surface area contributed by atoms with Gasteiger partial charge in [-0.25, -0.2) is 4.79 Å². The molecule has 0 spiro atoms. The summed E-state index contributed by atoms with van der Waals surface area (Å²) >= 11 is 0. The Morgan fingerprint density at radius 1 is 1.41 bits per heavy atom. The van der Waals surface area contributed by atoms with E-state index in [0.717, 1.165) is 12.8 Å². The summed E-state index contributed by atoms with van der Waals surface area (Å²) in [6.07, 6.45) is 5.66. The van der Waals surface area contributed by atoms with Gasteiger partial charge < -0.3 is 10.4 Å².